The molecule has 0 aliphatic carbocycles. The van der Waals surface area contributed by atoms with Crippen LogP contribution in [0.1, 0.15) is 5.56 Å². The average molecular weight is 358 g/mol. The molecule has 25 heavy (non-hydrogen) atoms. The third-order valence-electron chi connectivity index (χ3n) is 4.41. The zero-order valence-corrected chi connectivity index (χ0v) is 14.6. The Labute approximate surface area is 145 Å². The van der Waals surface area contributed by atoms with Gasteiger partial charge in [-0.3, -0.25) is 0 Å². The summed E-state index contributed by atoms with van der Waals surface area (Å²) in [6.45, 7) is 4.03. The predicted octanol–water partition coefficient (Wildman–Crippen LogP) is 0.944. The molecule has 1 aliphatic heterocycles. The first kappa shape index (κ1) is 16.0. The van der Waals surface area contributed by atoms with Crippen molar-refractivity contribution >= 4 is 21.4 Å². The molecule has 0 spiro atoms. The lowest BCUT2D eigenvalue weighted by molar-refractivity contribution is 0.384. The van der Waals surface area contributed by atoms with Crippen molar-refractivity contribution in [2.24, 2.45) is 0 Å². The maximum Gasteiger partial charge on any atom is 0.243 e. The van der Waals surface area contributed by atoms with Crippen LogP contribution in [0.15, 0.2) is 47.8 Å². The Bertz CT molecular complexity index is 991. The van der Waals surface area contributed by atoms with Gasteiger partial charge in [-0.25, -0.2) is 12.9 Å². The molecule has 3 aromatic rings. The van der Waals surface area contributed by atoms with Gasteiger partial charge >= 0.3 is 0 Å². The van der Waals surface area contributed by atoms with Crippen LogP contribution in [0.3, 0.4) is 0 Å². The van der Waals surface area contributed by atoms with E-state index in [2.05, 4.69) is 20.2 Å². The van der Waals surface area contributed by atoms with Crippen molar-refractivity contribution in [2.45, 2.75) is 11.8 Å². The van der Waals surface area contributed by atoms with Gasteiger partial charge in [-0.05, 0) is 19.1 Å². The number of hydrogen-bond acceptors (Lipinski definition) is 6. The number of sulfonamides is 1. The van der Waals surface area contributed by atoms with E-state index in [0.29, 0.717) is 36.7 Å². The second kappa shape index (κ2) is 6.08. The van der Waals surface area contributed by atoms with Crippen LogP contribution in [0, 0.1) is 6.92 Å². The molecule has 0 N–H and O–H groups in total. The van der Waals surface area contributed by atoms with Gasteiger partial charge in [0.1, 0.15) is 6.33 Å². The van der Waals surface area contributed by atoms with Crippen molar-refractivity contribution in [1.29, 1.82) is 0 Å². The summed E-state index contributed by atoms with van der Waals surface area (Å²) in [5.41, 5.74) is 2.64. The number of aromatic nitrogens is 4. The lowest BCUT2D eigenvalue weighted by Gasteiger charge is -2.35. The zero-order chi connectivity index (χ0) is 17.4. The molecule has 1 aliphatic rings. The zero-order valence-electron chi connectivity index (χ0n) is 13.8. The topological polar surface area (TPSA) is 83.7 Å². The van der Waals surface area contributed by atoms with Crippen LogP contribution >= 0.6 is 0 Å². The molecule has 0 amide bonds. The van der Waals surface area contributed by atoms with Gasteiger partial charge in [-0.15, -0.1) is 10.2 Å². The number of anilines is 1. The molecule has 2 aromatic heterocycles. The fourth-order valence-corrected chi connectivity index (χ4v) is 4.35. The molecule has 9 heteroatoms. The van der Waals surface area contributed by atoms with E-state index in [4.69, 9.17) is 0 Å². The molecule has 0 saturated carbocycles. The number of rotatable bonds is 3. The van der Waals surface area contributed by atoms with E-state index in [9.17, 15) is 8.42 Å². The van der Waals surface area contributed by atoms with Crippen molar-refractivity contribution in [3.63, 3.8) is 0 Å². The van der Waals surface area contributed by atoms with E-state index in [1.165, 1.54) is 4.31 Å². The number of benzene rings is 1. The number of piperazine rings is 1. The summed E-state index contributed by atoms with van der Waals surface area (Å²) in [7, 11) is -3.45. The van der Waals surface area contributed by atoms with Crippen LogP contribution in [0.5, 0.6) is 0 Å². The Hall–Kier alpha value is -2.52. The second-order valence-corrected chi connectivity index (χ2v) is 7.99. The van der Waals surface area contributed by atoms with E-state index in [1.54, 1.807) is 29.2 Å². The SMILES string of the molecule is Cc1ccc(S(=O)(=O)N2CCN(c3cnn4cnnc4c3)CC2)cc1. The number of aryl methyl sites for hydroxylation is 1. The van der Waals surface area contributed by atoms with Crippen LogP contribution in [0.25, 0.3) is 5.65 Å². The maximum atomic E-state index is 12.8. The van der Waals surface area contributed by atoms with Crippen molar-refractivity contribution in [3.8, 4) is 0 Å². The van der Waals surface area contributed by atoms with Crippen LogP contribution < -0.4 is 4.90 Å². The molecule has 0 atom stereocenters. The van der Waals surface area contributed by atoms with E-state index in [1.807, 2.05) is 25.1 Å². The van der Waals surface area contributed by atoms with Gasteiger partial charge < -0.3 is 4.90 Å². The Balaban J connectivity index is 1.49. The van der Waals surface area contributed by atoms with Crippen LogP contribution in [0.4, 0.5) is 5.69 Å². The minimum atomic E-state index is -3.45. The molecule has 0 radical (unpaired) electrons. The van der Waals surface area contributed by atoms with E-state index in [-0.39, 0.29) is 0 Å². The molecule has 0 bridgehead atoms. The summed E-state index contributed by atoms with van der Waals surface area (Å²) in [5, 5.41) is 12.1. The number of nitrogens with zero attached hydrogens (tertiary/aromatic N) is 6. The smallest absolute Gasteiger partial charge is 0.243 e. The van der Waals surface area contributed by atoms with Gasteiger partial charge in [0.2, 0.25) is 10.0 Å². The normalized spacial score (nSPS) is 16.4. The fraction of sp³-hybridized carbons (Fsp3) is 0.312. The molecule has 8 nitrogen and oxygen atoms in total. The predicted molar refractivity (Wildman–Crippen MR) is 92.9 cm³/mol. The van der Waals surface area contributed by atoms with Gasteiger partial charge in [0.15, 0.2) is 5.65 Å². The van der Waals surface area contributed by atoms with Gasteiger partial charge in [-0.1, -0.05) is 17.7 Å². The standard InChI is InChI=1S/C16H18N6O2S/c1-13-2-4-15(5-3-13)25(23,24)21-8-6-20(7-9-21)14-10-16-19-17-12-22(16)18-11-14/h2-5,10-12H,6-9H2,1H3. The summed E-state index contributed by atoms with van der Waals surface area (Å²) in [6, 6.07) is 8.88. The molecular formula is C16H18N6O2S. The molecule has 1 fully saturated rings. The molecular weight excluding hydrogens is 340 g/mol. The van der Waals surface area contributed by atoms with Gasteiger partial charge in [-0.2, -0.15) is 9.40 Å². The highest BCUT2D eigenvalue weighted by atomic mass is 32.2. The first-order valence-corrected chi connectivity index (χ1v) is 9.46. The van der Waals surface area contributed by atoms with E-state index < -0.39 is 10.0 Å². The van der Waals surface area contributed by atoms with Crippen molar-refractivity contribution in [1.82, 2.24) is 24.1 Å². The molecule has 130 valence electrons. The first-order valence-electron chi connectivity index (χ1n) is 8.02. The van der Waals surface area contributed by atoms with Crippen LogP contribution in [-0.4, -0.2) is 58.7 Å². The van der Waals surface area contributed by atoms with Crippen molar-refractivity contribution in [3.05, 3.63) is 48.4 Å². The summed E-state index contributed by atoms with van der Waals surface area (Å²) in [4.78, 5) is 2.46. The van der Waals surface area contributed by atoms with E-state index in [0.717, 1.165) is 11.3 Å². The molecule has 1 aromatic carbocycles. The molecule has 4 rings (SSSR count). The van der Waals surface area contributed by atoms with Gasteiger partial charge in [0.25, 0.3) is 0 Å². The number of hydrogen-bond donors (Lipinski definition) is 0. The third-order valence-corrected chi connectivity index (χ3v) is 6.32. The van der Waals surface area contributed by atoms with E-state index >= 15 is 0 Å². The summed E-state index contributed by atoms with van der Waals surface area (Å²) >= 11 is 0. The molecule has 1 saturated heterocycles. The lowest BCUT2D eigenvalue weighted by atomic mass is 10.2. The van der Waals surface area contributed by atoms with Crippen molar-refractivity contribution < 1.29 is 8.42 Å². The summed E-state index contributed by atoms with van der Waals surface area (Å²) in [6.07, 6.45) is 3.30. The summed E-state index contributed by atoms with van der Waals surface area (Å²) in [5.74, 6) is 0. The average Bonchev–Trinajstić information content (AvgIpc) is 3.10. The minimum Gasteiger partial charge on any atom is -0.367 e. The molecule has 3 heterocycles. The Morgan fingerprint density at radius 1 is 1.04 bits per heavy atom. The highest BCUT2D eigenvalue weighted by Crippen LogP contribution is 2.21. The lowest BCUT2D eigenvalue weighted by Crippen LogP contribution is -2.48. The maximum absolute atomic E-state index is 12.8. The van der Waals surface area contributed by atoms with Crippen LogP contribution in [-0.2, 0) is 10.0 Å². The molecule has 0 unspecified atom stereocenters. The summed E-state index contributed by atoms with van der Waals surface area (Å²) < 4.78 is 28.6. The number of fused-ring (bicyclic) bond motifs is 1. The van der Waals surface area contributed by atoms with Gasteiger partial charge in [0.05, 0.1) is 16.8 Å². The largest absolute Gasteiger partial charge is 0.367 e. The Kier molecular flexibility index (Phi) is 3.89. The monoisotopic (exact) mass is 358 g/mol. The van der Waals surface area contributed by atoms with Crippen molar-refractivity contribution in [2.75, 3.05) is 31.1 Å². The van der Waals surface area contributed by atoms with Crippen LogP contribution in [0.2, 0.25) is 0 Å². The fourth-order valence-electron chi connectivity index (χ4n) is 2.93. The highest BCUT2D eigenvalue weighted by molar-refractivity contribution is 7.89. The quantitative estimate of drug-likeness (QED) is 0.693. The Morgan fingerprint density at radius 3 is 2.48 bits per heavy atom. The minimum absolute atomic E-state index is 0.345. The first-order chi connectivity index (χ1) is 12.0. The van der Waals surface area contributed by atoms with Gasteiger partial charge in [0, 0.05) is 32.2 Å². The Morgan fingerprint density at radius 2 is 1.76 bits per heavy atom. The second-order valence-electron chi connectivity index (χ2n) is 6.05. The third kappa shape index (κ3) is 2.96. The highest BCUT2D eigenvalue weighted by Gasteiger charge is 2.28.